The number of hydrogen-bond acceptors (Lipinski definition) is 4. The highest BCUT2D eigenvalue weighted by atomic mass is 79.9. The molecule has 1 N–H and O–H groups in total. The Morgan fingerprint density at radius 3 is 2.41 bits per heavy atom. The molecule has 7 heteroatoms. The molecule has 0 aliphatic heterocycles. The Morgan fingerprint density at radius 2 is 1.88 bits per heavy atom. The van der Waals surface area contributed by atoms with Gasteiger partial charge in [-0.05, 0) is 25.1 Å². The summed E-state index contributed by atoms with van der Waals surface area (Å²) in [5.41, 5.74) is 0.555. The maximum atomic E-state index is 11.9. The molecule has 0 saturated carbocycles. The summed E-state index contributed by atoms with van der Waals surface area (Å²) in [7, 11) is 0. The van der Waals surface area contributed by atoms with Gasteiger partial charge in [-0.1, -0.05) is 43.2 Å². The minimum absolute atomic E-state index is 0.205. The number of nitrogens with zero attached hydrogens (tertiary/aromatic N) is 2. The molecule has 0 saturated heterocycles. The summed E-state index contributed by atoms with van der Waals surface area (Å²) in [6.07, 6.45) is 0. The van der Waals surface area contributed by atoms with Crippen LogP contribution in [0.25, 0.3) is 0 Å². The maximum absolute atomic E-state index is 11.9. The van der Waals surface area contributed by atoms with Gasteiger partial charge in [0.05, 0.1) is 0 Å². The highest BCUT2D eigenvalue weighted by Crippen LogP contribution is 2.21. The Hall–Kier alpha value is -0.790. The van der Waals surface area contributed by atoms with E-state index in [4.69, 9.17) is 0 Å². The lowest BCUT2D eigenvalue weighted by Crippen LogP contribution is -2.11. The Kier molecular flexibility index (Phi) is 3.90. The van der Waals surface area contributed by atoms with Crippen LogP contribution in [0.3, 0.4) is 0 Å². The fourth-order valence-corrected chi connectivity index (χ4v) is 3.08. The number of benzene rings is 1. The Morgan fingerprint density at radius 1 is 1.24 bits per heavy atom. The number of halogens is 2. The van der Waals surface area contributed by atoms with Crippen molar-refractivity contribution >= 4 is 54.2 Å². The van der Waals surface area contributed by atoms with E-state index in [0.29, 0.717) is 10.7 Å². The van der Waals surface area contributed by atoms with Crippen molar-refractivity contribution < 1.29 is 4.79 Å². The Bertz CT molecular complexity index is 550. The minimum Gasteiger partial charge on any atom is -0.296 e. The molecular formula is C10H7Br2N3OS. The van der Waals surface area contributed by atoms with Crippen molar-refractivity contribution in [1.29, 1.82) is 0 Å². The van der Waals surface area contributed by atoms with E-state index in [1.807, 2.05) is 13.0 Å². The molecule has 88 valence electrons. The van der Waals surface area contributed by atoms with Gasteiger partial charge in [-0.2, -0.15) is 0 Å². The minimum atomic E-state index is -0.205. The van der Waals surface area contributed by atoms with E-state index in [1.54, 1.807) is 12.1 Å². The number of aromatic nitrogens is 2. The molecular weight excluding hydrogens is 370 g/mol. The first-order valence-corrected chi connectivity index (χ1v) is 7.02. The van der Waals surface area contributed by atoms with E-state index >= 15 is 0 Å². The molecule has 1 heterocycles. The topological polar surface area (TPSA) is 54.9 Å². The maximum Gasteiger partial charge on any atom is 0.257 e. The second kappa shape index (κ2) is 5.24. The summed E-state index contributed by atoms with van der Waals surface area (Å²) in [6, 6.07) is 5.36. The second-order valence-electron chi connectivity index (χ2n) is 3.24. The van der Waals surface area contributed by atoms with Gasteiger partial charge in [-0.3, -0.25) is 10.1 Å². The summed E-state index contributed by atoms with van der Waals surface area (Å²) in [5, 5.41) is 11.7. The fraction of sp³-hybridized carbons (Fsp3) is 0.100. The van der Waals surface area contributed by atoms with Crippen LogP contribution in [-0.4, -0.2) is 16.1 Å². The fourth-order valence-electron chi connectivity index (χ4n) is 1.20. The third-order valence-corrected chi connectivity index (χ3v) is 3.54. The van der Waals surface area contributed by atoms with Crippen LogP contribution in [0.1, 0.15) is 15.4 Å². The predicted molar refractivity (Wildman–Crippen MR) is 74.4 cm³/mol. The molecule has 1 aromatic heterocycles. The number of rotatable bonds is 2. The lowest BCUT2D eigenvalue weighted by atomic mass is 10.2. The molecule has 0 unspecified atom stereocenters. The molecule has 0 bridgehead atoms. The van der Waals surface area contributed by atoms with Crippen LogP contribution in [0.15, 0.2) is 27.1 Å². The van der Waals surface area contributed by atoms with Crippen molar-refractivity contribution in [2.45, 2.75) is 6.92 Å². The molecule has 2 aromatic rings. The zero-order valence-corrected chi connectivity index (χ0v) is 12.7. The summed E-state index contributed by atoms with van der Waals surface area (Å²) in [5.74, 6) is -0.205. The van der Waals surface area contributed by atoms with Gasteiger partial charge in [0.25, 0.3) is 5.91 Å². The number of anilines is 1. The molecule has 0 fully saturated rings. The molecule has 0 radical (unpaired) electrons. The third-order valence-electron chi connectivity index (χ3n) is 1.87. The van der Waals surface area contributed by atoms with Crippen molar-refractivity contribution in [1.82, 2.24) is 10.2 Å². The number of aryl methyl sites for hydroxylation is 1. The van der Waals surface area contributed by atoms with Gasteiger partial charge >= 0.3 is 0 Å². The summed E-state index contributed by atoms with van der Waals surface area (Å²) < 4.78 is 1.68. The average Bonchev–Trinajstić information content (AvgIpc) is 2.62. The van der Waals surface area contributed by atoms with Crippen molar-refractivity contribution in [3.05, 3.63) is 37.7 Å². The van der Waals surface area contributed by atoms with Crippen LogP contribution in [0.5, 0.6) is 0 Å². The zero-order chi connectivity index (χ0) is 12.4. The second-order valence-corrected chi connectivity index (χ2v) is 6.25. The van der Waals surface area contributed by atoms with Crippen LogP contribution in [-0.2, 0) is 0 Å². The largest absolute Gasteiger partial charge is 0.296 e. The molecule has 17 heavy (non-hydrogen) atoms. The normalized spacial score (nSPS) is 10.3. The first-order valence-electron chi connectivity index (χ1n) is 4.62. The van der Waals surface area contributed by atoms with E-state index in [0.717, 1.165) is 14.0 Å². The van der Waals surface area contributed by atoms with Gasteiger partial charge in [-0.25, -0.2) is 0 Å². The highest BCUT2D eigenvalue weighted by Gasteiger charge is 2.10. The predicted octanol–water partition coefficient (Wildman–Crippen LogP) is 3.62. The number of carbonyl (C=O) groups is 1. The number of hydrogen-bond donors (Lipinski definition) is 1. The van der Waals surface area contributed by atoms with Crippen LogP contribution < -0.4 is 5.32 Å². The molecule has 1 aromatic carbocycles. The van der Waals surface area contributed by atoms with E-state index in [-0.39, 0.29) is 5.91 Å². The molecule has 0 aliphatic carbocycles. The first kappa shape index (κ1) is 12.7. The van der Waals surface area contributed by atoms with Gasteiger partial charge in [0, 0.05) is 14.5 Å². The standard InChI is InChI=1S/C10H7Br2N3OS/c1-5-14-15-10(17-5)13-9(16)6-2-7(11)4-8(12)3-6/h2-4H,1H3,(H,13,15,16). The van der Waals surface area contributed by atoms with Crippen LogP contribution >= 0.6 is 43.2 Å². The molecule has 4 nitrogen and oxygen atoms in total. The number of carbonyl (C=O) groups excluding carboxylic acids is 1. The summed E-state index contributed by atoms with van der Waals surface area (Å²) in [4.78, 5) is 11.9. The van der Waals surface area contributed by atoms with Gasteiger partial charge in [0.15, 0.2) is 0 Å². The van der Waals surface area contributed by atoms with Gasteiger partial charge < -0.3 is 0 Å². The molecule has 2 rings (SSSR count). The molecule has 0 aliphatic rings. The monoisotopic (exact) mass is 375 g/mol. The van der Waals surface area contributed by atoms with Crippen molar-refractivity contribution in [2.24, 2.45) is 0 Å². The van der Waals surface area contributed by atoms with Crippen molar-refractivity contribution in [2.75, 3.05) is 5.32 Å². The smallest absolute Gasteiger partial charge is 0.257 e. The summed E-state index contributed by atoms with van der Waals surface area (Å²) >= 11 is 8.01. The van der Waals surface area contributed by atoms with Crippen LogP contribution in [0.2, 0.25) is 0 Å². The molecule has 0 spiro atoms. The van der Waals surface area contributed by atoms with Gasteiger partial charge in [-0.15, -0.1) is 10.2 Å². The summed E-state index contributed by atoms with van der Waals surface area (Å²) in [6.45, 7) is 1.84. The van der Waals surface area contributed by atoms with Crippen LogP contribution in [0.4, 0.5) is 5.13 Å². The SMILES string of the molecule is Cc1nnc(NC(=O)c2cc(Br)cc(Br)c2)s1. The quantitative estimate of drug-likeness (QED) is 0.870. The number of nitrogens with one attached hydrogen (secondary N) is 1. The van der Waals surface area contributed by atoms with Gasteiger partial charge in [0.1, 0.15) is 5.01 Å². The van der Waals surface area contributed by atoms with Gasteiger partial charge in [0.2, 0.25) is 5.13 Å². The highest BCUT2D eigenvalue weighted by molar-refractivity contribution is 9.11. The van der Waals surface area contributed by atoms with Crippen molar-refractivity contribution in [3.8, 4) is 0 Å². The third kappa shape index (κ3) is 3.34. The van der Waals surface area contributed by atoms with Crippen LogP contribution in [0, 0.1) is 6.92 Å². The van der Waals surface area contributed by atoms with E-state index < -0.39 is 0 Å². The molecule has 0 atom stereocenters. The molecule has 1 amide bonds. The first-order chi connectivity index (χ1) is 8.04. The Balaban J connectivity index is 2.19. The average molecular weight is 377 g/mol. The van der Waals surface area contributed by atoms with E-state index in [2.05, 4.69) is 47.4 Å². The lowest BCUT2D eigenvalue weighted by molar-refractivity contribution is 0.102. The lowest BCUT2D eigenvalue weighted by Gasteiger charge is -2.02. The number of amides is 1. The zero-order valence-electron chi connectivity index (χ0n) is 8.70. The van der Waals surface area contributed by atoms with E-state index in [9.17, 15) is 4.79 Å². The Labute approximate surface area is 119 Å². The van der Waals surface area contributed by atoms with Crippen molar-refractivity contribution in [3.63, 3.8) is 0 Å². The van der Waals surface area contributed by atoms with E-state index in [1.165, 1.54) is 11.3 Å².